The summed E-state index contributed by atoms with van der Waals surface area (Å²) >= 11 is 1.83. The average molecular weight is 279 g/mol. The van der Waals surface area contributed by atoms with E-state index in [4.69, 9.17) is 4.74 Å². The summed E-state index contributed by atoms with van der Waals surface area (Å²) in [6.45, 7) is 6.46. The first-order valence-corrected chi connectivity index (χ1v) is 8.58. The quantitative estimate of drug-likeness (QED) is 0.897. The van der Waals surface area contributed by atoms with Crippen LogP contribution < -0.4 is 5.32 Å². The summed E-state index contributed by atoms with van der Waals surface area (Å²) in [5, 5.41) is 8.35. The van der Waals surface area contributed by atoms with Crippen LogP contribution in [0.25, 0.3) is 0 Å². The Morgan fingerprint density at radius 2 is 2.32 bits per heavy atom. The lowest BCUT2D eigenvalue weighted by molar-refractivity contribution is -0.147. The van der Waals surface area contributed by atoms with E-state index in [0.717, 1.165) is 19.1 Å². The molecule has 1 aliphatic carbocycles. The average Bonchev–Trinajstić information content (AvgIpc) is 2.80. The van der Waals surface area contributed by atoms with Gasteiger partial charge in [0.1, 0.15) is 0 Å². The lowest BCUT2D eigenvalue weighted by Gasteiger charge is -2.49. The van der Waals surface area contributed by atoms with E-state index in [1.54, 1.807) is 0 Å². The summed E-state index contributed by atoms with van der Waals surface area (Å²) in [7, 11) is 0. The highest BCUT2D eigenvalue weighted by atomic mass is 32.1. The molecule has 3 rings (SSSR count). The first kappa shape index (κ1) is 13.6. The molecule has 0 amide bonds. The maximum atomic E-state index is 6.08. The minimum absolute atomic E-state index is 0.251. The molecule has 2 nitrogen and oxygen atoms in total. The van der Waals surface area contributed by atoms with Gasteiger partial charge in [-0.2, -0.15) is 11.3 Å². The first-order valence-electron chi connectivity index (χ1n) is 7.64. The summed E-state index contributed by atoms with van der Waals surface area (Å²) < 4.78 is 6.08. The zero-order chi connectivity index (χ0) is 13.3. The number of ether oxygens (including phenoxy) is 1. The number of aryl methyl sites for hydroxylation is 1. The highest BCUT2D eigenvalue weighted by molar-refractivity contribution is 7.08. The molecule has 1 spiro atoms. The Morgan fingerprint density at radius 3 is 2.89 bits per heavy atom. The predicted molar refractivity (Wildman–Crippen MR) is 80.7 cm³/mol. The molecule has 2 unspecified atom stereocenters. The Kier molecular flexibility index (Phi) is 3.97. The van der Waals surface area contributed by atoms with Gasteiger partial charge in [0.15, 0.2) is 0 Å². The van der Waals surface area contributed by atoms with Gasteiger partial charge in [0.2, 0.25) is 0 Å². The molecule has 19 heavy (non-hydrogen) atoms. The standard InChI is InChI=1S/C16H25NOS/c1-3-17-15(14-11-19-10-12(14)2)13-5-8-18-16(9-13)6-4-7-16/h10-11,13,15,17H,3-9H2,1-2H3. The van der Waals surface area contributed by atoms with Crippen LogP contribution in [0.4, 0.5) is 0 Å². The number of nitrogens with one attached hydrogen (secondary N) is 1. The van der Waals surface area contributed by atoms with E-state index in [-0.39, 0.29) is 5.60 Å². The van der Waals surface area contributed by atoms with Gasteiger partial charge in [0.05, 0.1) is 5.60 Å². The summed E-state index contributed by atoms with van der Waals surface area (Å²) in [5.41, 5.74) is 3.22. The molecule has 1 saturated heterocycles. The Hall–Kier alpha value is -0.380. The second-order valence-electron chi connectivity index (χ2n) is 6.18. The van der Waals surface area contributed by atoms with Gasteiger partial charge in [0, 0.05) is 12.6 Å². The zero-order valence-corrected chi connectivity index (χ0v) is 12.9. The van der Waals surface area contributed by atoms with Crippen molar-refractivity contribution < 1.29 is 4.74 Å². The Labute approximate surface area is 120 Å². The van der Waals surface area contributed by atoms with E-state index < -0.39 is 0 Å². The number of rotatable bonds is 4. The Morgan fingerprint density at radius 1 is 1.47 bits per heavy atom. The molecule has 106 valence electrons. The molecule has 2 aliphatic rings. The third kappa shape index (κ3) is 2.61. The fourth-order valence-corrected chi connectivity index (χ4v) is 4.60. The monoisotopic (exact) mass is 279 g/mol. The summed E-state index contributed by atoms with van der Waals surface area (Å²) in [6.07, 6.45) is 6.38. The van der Waals surface area contributed by atoms with Crippen LogP contribution in [0.2, 0.25) is 0 Å². The van der Waals surface area contributed by atoms with Crippen molar-refractivity contribution in [2.75, 3.05) is 13.2 Å². The van der Waals surface area contributed by atoms with Gasteiger partial charge in [-0.25, -0.2) is 0 Å². The van der Waals surface area contributed by atoms with Crippen molar-refractivity contribution in [2.45, 2.75) is 57.6 Å². The second kappa shape index (κ2) is 5.55. The van der Waals surface area contributed by atoms with E-state index in [1.165, 1.54) is 43.2 Å². The van der Waals surface area contributed by atoms with Gasteiger partial charge < -0.3 is 10.1 Å². The highest BCUT2D eigenvalue weighted by Gasteiger charge is 2.44. The molecular formula is C16H25NOS. The molecule has 1 aromatic heterocycles. The second-order valence-corrected chi connectivity index (χ2v) is 6.93. The molecule has 3 heteroatoms. The van der Waals surface area contributed by atoms with Crippen molar-refractivity contribution in [3.8, 4) is 0 Å². The van der Waals surface area contributed by atoms with Crippen LogP contribution in [0.3, 0.4) is 0 Å². The predicted octanol–water partition coefficient (Wildman–Crippen LogP) is 4.06. The molecule has 0 bridgehead atoms. The molecule has 2 fully saturated rings. The molecule has 1 aliphatic heterocycles. The van der Waals surface area contributed by atoms with Crippen LogP contribution in [-0.4, -0.2) is 18.8 Å². The minimum atomic E-state index is 0.251. The Bertz CT molecular complexity index is 424. The fourth-order valence-electron chi connectivity index (χ4n) is 3.71. The maximum Gasteiger partial charge on any atom is 0.0686 e. The maximum absolute atomic E-state index is 6.08. The summed E-state index contributed by atoms with van der Waals surface area (Å²) in [4.78, 5) is 0. The number of hydrogen-bond donors (Lipinski definition) is 1. The van der Waals surface area contributed by atoms with Crippen molar-refractivity contribution in [2.24, 2.45) is 5.92 Å². The van der Waals surface area contributed by atoms with E-state index >= 15 is 0 Å². The highest BCUT2D eigenvalue weighted by Crippen LogP contribution is 2.47. The van der Waals surface area contributed by atoms with Crippen molar-refractivity contribution in [3.05, 3.63) is 21.9 Å². The van der Waals surface area contributed by atoms with Gasteiger partial charge in [0.25, 0.3) is 0 Å². The summed E-state index contributed by atoms with van der Waals surface area (Å²) in [6, 6.07) is 0.526. The van der Waals surface area contributed by atoms with Crippen LogP contribution in [0, 0.1) is 12.8 Å². The minimum Gasteiger partial charge on any atom is -0.375 e. The van der Waals surface area contributed by atoms with Crippen LogP contribution in [0.1, 0.15) is 56.2 Å². The number of thiophene rings is 1. The van der Waals surface area contributed by atoms with Crippen LogP contribution >= 0.6 is 11.3 Å². The van der Waals surface area contributed by atoms with Crippen molar-refractivity contribution in [1.29, 1.82) is 0 Å². The normalized spacial score (nSPS) is 27.2. The third-order valence-corrected chi connectivity index (χ3v) is 5.80. The smallest absolute Gasteiger partial charge is 0.0686 e. The molecule has 2 atom stereocenters. The third-order valence-electron chi connectivity index (χ3n) is 4.92. The SMILES string of the molecule is CCNC(c1cscc1C)C1CCOC2(CCC2)C1. The first-order chi connectivity index (χ1) is 9.24. The largest absolute Gasteiger partial charge is 0.375 e. The molecule has 1 N–H and O–H groups in total. The molecular weight excluding hydrogens is 254 g/mol. The molecule has 0 radical (unpaired) electrons. The summed E-state index contributed by atoms with van der Waals surface area (Å²) in [5.74, 6) is 0.738. The van der Waals surface area contributed by atoms with E-state index in [0.29, 0.717) is 6.04 Å². The Balaban J connectivity index is 1.78. The van der Waals surface area contributed by atoms with Gasteiger partial charge >= 0.3 is 0 Å². The van der Waals surface area contributed by atoms with Crippen molar-refractivity contribution in [3.63, 3.8) is 0 Å². The lowest BCUT2D eigenvalue weighted by Crippen LogP contribution is -2.48. The van der Waals surface area contributed by atoms with Crippen LogP contribution in [0.15, 0.2) is 10.8 Å². The zero-order valence-electron chi connectivity index (χ0n) is 12.1. The lowest BCUT2D eigenvalue weighted by atomic mass is 9.69. The van der Waals surface area contributed by atoms with E-state index in [2.05, 4.69) is 29.9 Å². The van der Waals surface area contributed by atoms with Crippen molar-refractivity contribution >= 4 is 11.3 Å². The van der Waals surface area contributed by atoms with Gasteiger partial charge in [-0.1, -0.05) is 6.92 Å². The van der Waals surface area contributed by atoms with E-state index in [9.17, 15) is 0 Å². The van der Waals surface area contributed by atoms with Gasteiger partial charge in [-0.05, 0) is 73.4 Å². The molecule has 2 heterocycles. The van der Waals surface area contributed by atoms with Crippen molar-refractivity contribution in [1.82, 2.24) is 5.32 Å². The molecule has 1 aromatic rings. The molecule has 0 aromatic carbocycles. The van der Waals surface area contributed by atoms with Crippen LogP contribution in [0.5, 0.6) is 0 Å². The van der Waals surface area contributed by atoms with E-state index in [1.807, 2.05) is 11.3 Å². The van der Waals surface area contributed by atoms with Gasteiger partial charge in [-0.15, -0.1) is 0 Å². The van der Waals surface area contributed by atoms with Gasteiger partial charge in [-0.3, -0.25) is 0 Å². The topological polar surface area (TPSA) is 21.3 Å². The fraction of sp³-hybridized carbons (Fsp3) is 0.750. The van der Waals surface area contributed by atoms with Crippen LogP contribution in [-0.2, 0) is 4.74 Å². The molecule has 1 saturated carbocycles. The number of hydrogen-bond acceptors (Lipinski definition) is 3.